The highest BCUT2D eigenvalue weighted by atomic mass is 19.1. The predicted octanol–water partition coefficient (Wildman–Crippen LogP) is 2.88. The topological polar surface area (TPSA) is 67.8 Å². The van der Waals surface area contributed by atoms with Gasteiger partial charge in [-0.3, -0.25) is 0 Å². The number of nitrogens with two attached hydrogens (primary N) is 1. The third-order valence-corrected chi connectivity index (χ3v) is 3.65. The molecule has 2 unspecified atom stereocenters. The van der Waals surface area contributed by atoms with Crippen LogP contribution in [-0.2, 0) is 0 Å². The molecule has 5 heteroatoms. The number of rotatable bonds is 3. The second kappa shape index (κ2) is 5.91. The van der Waals surface area contributed by atoms with Gasteiger partial charge in [0.25, 0.3) is 0 Å². The summed E-state index contributed by atoms with van der Waals surface area (Å²) < 4.78 is 19.7. The standard InChI is InChI=1S/C14H19FN2O2/c1-9-5-2-3-7-11(9)19-12-8-4-6-10(15)13(12)14(16)17-18/h4,6,8-9,11,18H,2-3,5,7H2,1H3,(H2,16,17). The Balaban J connectivity index is 2.27. The van der Waals surface area contributed by atoms with Gasteiger partial charge in [0, 0.05) is 0 Å². The molecule has 0 saturated heterocycles. The molecule has 104 valence electrons. The van der Waals surface area contributed by atoms with Gasteiger partial charge in [-0.2, -0.15) is 0 Å². The molecular formula is C14H19FN2O2. The molecule has 2 atom stereocenters. The molecule has 0 aliphatic heterocycles. The van der Waals surface area contributed by atoms with Crippen molar-refractivity contribution in [2.45, 2.75) is 38.7 Å². The van der Waals surface area contributed by atoms with E-state index in [0.717, 1.165) is 19.3 Å². The lowest BCUT2D eigenvalue weighted by Gasteiger charge is -2.30. The summed E-state index contributed by atoms with van der Waals surface area (Å²) >= 11 is 0. The van der Waals surface area contributed by atoms with E-state index in [-0.39, 0.29) is 17.5 Å². The maximum Gasteiger partial charge on any atom is 0.176 e. The van der Waals surface area contributed by atoms with Crippen LogP contribution in [0.25, 0.3) is 0 Å². The largest absolute Gasteiger partial charge is 0.489 e. The molecule has 1 aromatic carbocycles. The minimum Gasteiger partial charge on any atom is -0.489 e. The van der Waals surface area contributed by atoms with E-state index in [9.17, 15) is 4.39 Å². The van der Waals surface area contributed by atoms with Crippen LogP contribution in [0.1, 0.15) is 38.2 Å². The van der Waals surface area contributed by atoms with Gasteiger partial charge in [0.1, 0.15) is 17.7 Å². The Morgan fingerprint density at radius 1 is 1.42 bits per heavy atom. The molecule has 0 aromatic heterocycles. The lowest BCUT2D eigenvalue weighted by atomic mass is 9.88. The van der Waals surface area contributed by atoms with E-state index in [1.807, 2.05) is 0 Å². The monoisotopic (exact) mass is 266 g/mol. The molecule has 0 heterocycles. The van der Waals surface area contributed by atoms with Gasteiger partial charge < -0.3 is 15.7 Å². The van der Waals surface area contributed by atoms with E-state index in [1.54, 1.807) is 12.1 Å². The van der Waals surface area contributed by atoms with Crippen LogP contribution in [0.5, 0.6) is 5.75 Å². The zero-order valence-electron chi connectivity index (χ0n) is 11.0. The lowest BCUT2D eigenvalue weighted by Crippen LogP contribution is -2.29. The average molecular weight is 266 g/mol. The van der Waals surface area contributed by atoms with E-state index >= 15 is 0 Å². The van der Waals surface area contributed by atoms with Crippen molar-refractivity contribution >= 4 is 5.84 Å². The van der Waals surface area contributed by atoms with Crippen LogP contribution in [0.2, 0.25) is 0 Å². The van der Waals surface area contributed by atoms with Crippen molar-refractivity contribution in [3.8, 4) is 5.75 Å². The highest BCUT2D eigenvalue weighted by molar-refractivity contribution is 5.99. The van der Waals surface area contributed by atoms with E-state index < -0.39 is 5.82 Å². The highest BCUT2D eigenvalue weighted by Gasteiger charge is 2.25. The molecule has 4 nitrogen and oxygen atoms in total. The fourth-order valence-corrected chi connectivity index (χ4v) is 2.52. The molecule has 1 saturated carbocycles. The lowest BCUT2D eigenvalue weighted by molar-refractivity contribution is 0.102. The van der Waals surface area contributed by atoms with Crippen LogP contribution < -0.4 is 10.5 Å². The highest BCUT2D eigenvalue weighted by Crippen LogP contribution is 2.30. The van der Waals surface area contributed by atoms with Crippen molar-refractivity contribution in [3.05, 3.63) is 29.6 Å². The summed E-state index contributed by atoms with van der Waals surface area (Å²) in [4.78, 5) is 0. The number of ether oxygens (including phenoxy) is 1. The maximum atomic E-state index is 13.8. The zero-order valence-corrected chi connectivity index (χ0v) is 11.0. The number of benzene rings is 1. The van der Waals surface area contributed by atoms with Gasteiger partial charge in [-0.15, -0.1) is 0 Å². The Kier molecular flexibility index (Phi) is 4.24. The Labute approximate surface area is 112 Å². The number of oxime groups is 1. The molecule has 1 aliphatic carbocycles. The molecule has 1 aliphatic rings. The molecule has 19 heavy (non-hydrogen) atoms. The molecule has 0 amide bonds. The summed E-state index contributed by atoms with van der Waals surface area (Å²) in [6.45, 7) is 2.13. The summed E-state index contributed by atoms with van der Waals surface area (Å²) in [6, 6.07) is 4.48. The van der Waals surface area contributed by atoms with Crippen molar-refractivity contribution in [3.63, 3.8) is 0 Å². The van der Waals surface area contributed by atoms with Gasteiger partial charge in [-0.05, 0) is 37.3 Å². The molecule has 0 spiro atoms. The summed E-state index contributed by atoms with van der Waals surface area (Å²) in [6.07, 6.45) is 4.44. The van der Waals surface area contributed by atoms with Crippen LogP contribution in [0.4, 0.5) is 4.39 Å². The fraction of sp³-hybridized carbons (Fsp3) is 0.500. The fourth-order valence-electron chi connectivity index (χ4n) is 2.52. The van der Waals surface area contributed by atoms with E-state index in [0.29, 0.717) is 11.7 Å². The molecule has 3 N–H and O–H groups in total. The SMILES string of the molecule is CC1CCCCC1Oc1cccc(F)c1C(N)=NO. The minimum absolute atomic E-state index is 0.0303. The van der Waals surface area contributed by atoms with Crippen molar-refractivity contribution < 1.29 is 14.3 Å². The van der Waals surface area contributed by atoms with Gasteiger partial charge >= 0.3 is 0 Å². The first-order valence-electron chi connectivity index (χ1n) is 6.56. The average Bonchev–Trinajstić information content (AvgIpc) is 2.41. The minimum atomic E-state index is -0.545. The molecule has 1 aromatic rings. The number of halogens is 1. The molecule has 1 fully saturated rings. The third-order valence-electron chi connectivity index (χ3n) is 3.65. The van der Waals surface area contributed by atoms with E-state index in [2.05, 4.69) is 12.1 Å². The summed E-state index contributed by atoms with van der Waals surface area (Å²) in [7, 11) is 0. The first kappa shape index (κ1) is 13.6. The normalized spacial score (nSPS) is 24.2. The predicted molar refractivity (Wildman–Crippen MR) is 71.0 cm³/mol. The first-order chi connectivity index (χ1) is 9.13. The number of nitrogens with zero attached hydrogens (tertiary/aromatic N) is 1. The van der Waals surface area contributed by atoms with Crippen molar-refractivity contribution in [2.24, 2.45) is 16.8 Å². The summed E-state index contributed by atoms with van der Waals surface area (Å²) in [5, 5.41) is 11.6. The van der Waals surface area contributed by atoms with Crippen LogP contribution >= 0.6 is 0 Å². The van der Waals surface area contributed by atoms with Crippen LogP contribution in [0.15, 0.2) is 23.4 Å². The van der Waals surface area contributed by atoms with Crippen LogP contribution in [0.3, 0.4) is 0 Å². The number of hydrogen-bond donors (Lipinski definition) is 2. The van der Waals surface area contributed by atoms with Crippen LogP contribution in [-0.4, -0.2) is 17.1 Å². The Morgan fingerprint density at radius 2 is 2.16 bits per heavy atom. The van der Waals surface area contributed by atoms with Crippen molar-refractivity contribution in [1.82, 2.24) is 0 Å². The van der Waals surface area contributed by atoms with Gasteiger partial charge in [0.05, 0.1) is 5.56 Å². The quantitative estimate of drug-likeness (QED) is 0.382. The van der Waals surface area contributed by atoms with Crippen molar-refractivity contribution in [1.29, 1.82) is 0 Å². The third kappa shape index (κ3) is 2.97. The zero-order chi connectivity index (χ0) is 13.8. The summed E-state index contributed by atoms with van der Waals surface area (Å²) in [5.74, 6) is -0.0426. The summed E-state index contributed by atoms with van der Waals surface area (Å²) in [5.41, 5.74) is 5.55. The smallest absolute Gasteiger partial charge is 0.176 e. The van der Waals surface area contributed by atoms with E-state index in [4.69, 9.17) is 15.7 Å². The molecule has 0 bridgehead atoms. The Hall–Kier alpha value is -1.78. The second-order valence-electron chi connectivity index (χ2n) is 5.02. The molecule has 0 radical (unpaired) electrons. The number of hydrogen-bond acceptors (Lipinski definition) is 3. The number of amidine groups is 1. The Bertz CT molecular complexity index is 477. The van der Waals surface area contributed by atoms with Gasteiger partial charge in [-0.25, -0.2) is 4.39 Å². The second-order valence-corrected chi connectivity index (χ2v) is 5.02. The van der Waals surface area contributed by atoms with Crippen molar-refractivity contribution in [2.75, 3.05) is 0 Å². The first-order valence-corrected chi connectivity index (χ1v) is 6.56. The van der Waals surface area contributed by atoms with Gasteiger partial charge in [-0.1, -0.05) is 24.6 Å². The van der Waals surface area contributed by atoms with Gasteiger partial charge in [0.2, 0.25) is 0 Å². The van der Waals surface area contributed by atoms with Crippen LogP contribution in [0, 0.1) is 11.7 Å². The maximum absolute atomic E-state index is 13.8. The van der Waals surface area contributed by atoms with E-state index in [1.165, 1.54) is 12.5 Å². The molecule has 2 rings (SSSR count). The Morgan fingerprint density at radius 3 is 2.84 bits per heavy atom. The van der Waals surface area contributed by atoms with Gasteiger partial charge in [0.15, 0.2) is 5.84 Å². The molecular weight excluding hydrogens is 247 g/mol.